The van der Waals surface area contributed by atoms with E-state index in [0.717, 1.165) is 14.9 Å². The van der Waals surface area contributed by atoms with Gasteiger partial charge in [-0.05, 0) is 43.7 Å². The molecule has 2 N–H and O–H groups in total. The zero-order valence-electron chi connectivity index (χ0n) is 15.6. The first-order valence-electron chi connectivity index (χ1n) is 8.76. The molecule has 9 heteroatoms. The lowest BCUT2D eigenvalue weighted by Gasteiger charge is -2.23. The van der Waals surface area contributed by atoms with Crippen molar-refractivity contribution in [2.24, 2.45) is 0 Å². The topological polar surface area (TPSA) is 78.5 Å². The minimum Gasteiger partial charge on any atom is -0.348 e. The fraction of sp³-hybridized carbons (Fsp3) is 0.250. The zero-order valence-corrected chi connectivity index (χ0v) is 18.7. The van der Waals surface area contributed by atoms with E-state index in [-0.39, 0.29) is 11.1 Å². The van der Waals surface area contributed by atoms with Crippen molar-refractivity contribution in [1.82, 2.24) is 15.5 Å². The molecular weight excluding hydrogens is 481 g/mol. The number of urea groups is 1. The molecule has 6 nitrogen and oxygen atoms in total. The molecule has 1 saturated heterocycles. The minimum absolute atomic E-state index is 0.254. The Kier molecular flexibility index (Phi) is 6.22. The summed E-state index contributed by atoms with van der Waals surface area (Å²) in [7, 11) is 0. The van der Waals surface area contributed by atoms with E-state index in [1.54, 1.807) is 19.1 Å². The van der Waals surface area contributed by atoms with Crippen LogP contribution in [0.4, 0.5) is 4.79 Å². The number of nitrogens with one attached hydrogen (secondary N) is 2. The Hall–Kier alpha value is -2.09. The van der Waals surface area contributed by atoms with E-state index in [1.807, 2.05) is 31.2 Å². The molecule has 2 unspecified atom stereocenters. The molecule has 3 rings (SSSR count). The first kappa shape index (κ1) is 21.6. The van der Waals surface area contributed by atoms with Gasteiger partial charge in [-0.15, -0.1) is 0 Å². The third-order valence-electron chi connectivity index (χ3n) is 4.79. The van der Waals surface area contributed by atoms with Gasteiger partial charge in [-0.2, -0.15) is 0 Å². The van der Waals surface area contributed by atoms with Crippen LogP contribution < -0.4 is 10.6 Å². The Morgan fingerprint density at radius 1 is 1.21 bits per heavy atom. The van der Waals surface area contributed by atoms with E-state index in [9.17, 15) is 14.4 Å². The summed E-state index contributed by atoms with van der Waals surface area (Å²) >= 11 is 15.5. The van der Waals surface area contributed by atoms with Crippen molar-refractivity contribution in [2.45, 2.75) is 25.4 Å². The SMILES string of the molecule is CC(NC(=O)CN1C(=O)NC(C)(c2ccc(Cl)cc2Cl)C1=O)c1ccc(Br)cc1. The monoisotopic (exact) mass is 497 g/mol. The van der Waals surface area contributed by atoms with Gasteiger partial charge in [-0.25, -0.2) is 4.79 Å². The second-order valence-corrected chi connectivity index (χ2v) is 8.67. The van der Waals surface area contributed by atoms with E-state index < -0.39 is 29.9 Å². The molecule has 29 heavy (non-hydrogen) atoms. The number of carbonyl (C=O) groups excluding carboxylic acids is 3. The highest BCUT2D eigenvalue weighted by molar-refractivity contribution is 9.10. The second-order valence-electron chi connectivity index (χ2n) is 6.91. The molecule has 2 atom stereocenters. The van der Waals surface area contributed by atoms with Crippen LogP contribution in [0, 0.1) is 0 Å². The maximum Gasteiger partial charge on any atom is 0.325 e. The van der Waals surface area contributed by atoms with Gasteiger partial charge in [-0.1, -0.05) is 57.3 Å². The van der Waals surface area contributed by atoms with Gasteiger partial charge in [0.2, 0.25) is 5.91 Å². The molecule has 1 fully saturated rings. The predicted molar refractivity (Wildman–Crippen MR) is 115 cm³/mol. The Balaban J connectivity index is 1.72. The lowest BCUT2D eigenvalue weighted by molar-refractivity contribution is -0.135. The largest absolute Gasteiger partial charge is 0.348 e. The van der Waals surface area contributed by atoms with Gasteiger partial charge < -0.3 is 10.6 Å². The van der Waals surface area contributed by atoms with E-state index in [2.05, 4.69) is 26.6 Å². The van der Waals surface area contributed by atoms with Crippen LogP contribution in [0.1, 0.15) is 31.0 Å². The smallest absolute Gasteiger partial charge is 0.325 e. The molecule has 2 aromatic carbocycles. The second kappa shape index (κ2) is 8.34. The van der Waals surface area contributed by atoms with Crippen LogP contribution in [-0.2, 0) is 15.1 Å². The van der Waals surface area contributed by atoms with Gasteiger partial charge in [0.25, 0.3) is 5.91 Å². The van der Waals surface area contributed by atoms with Gasteiger partial charge in [0.1, 0.15) is 12.1 Å². The Bertz CT molecular complexity index is 983. The lowest BCUT2D eigenvalue weighted by atomic mass is 9.92. The molecular formula is C20H18BrCl2N3O3. The van der Waals surface area contributed by atoms with Crippen molar-refractivity contribution in [3.05, 3.63) is 68.1 Å². The molecule has 0 aromatic heterocycles. The minimum atomic E-state index is -1.38. The van der Waals surface area contributed by atoms with Crippen molar-refractivity contribution in [1.29, 1.82) is 0 Å². The fourth-order valence-corrected chi connectivity index (χ4v) is 4.05. The molecule has 0 spiro atoms. The van der Waals surface area contributed by atoms with Gasteiger partial charge in [-0.3, -0.25) is 14.5 Å². The quantitative estimate of drug-likeness (QED) is 0.599. The summed E-state index contributed by atoms with van der Waals surface area (Å²) in [5.41, 5.74) is -0.0688. The number of benzene rings is 2. The standard InChI is InChI=1S/C20H18BrCl2N3O3/c1-11(12-3-5-13(21)6-4-12)24-17(27)10-26-18(28)20(2,25-19(26)29)15-8-7-14(22)9-16(15)23/h3-9,11H,10H2,1-2H3,(H,24,27)(H,25,29). The van der Waals surface area contributed by atoms with Crippen molar-refractivity contribution in [2.75, 3.05) is 6.54 Å². The highest BCUT2D eigenvalue weighted by Crippen LogP contribution is 2.34. The third kappa shape index (κ3) is 4.42. The summed E-state index contributed by atoms with van der Waals surface area (Å²) in [5, 5.41) is 6.09. The van der Waals surface area contributed by atoms with Crippen LogP contribution in [0.25, 0.3) is 0 Å². The third-order valence-corrected chi connectivity index (χ3v) is 5.87. The molecule has 152 valence electrons. The van der Waals surface area contributed by atoms with Gasteiger partial charge in [0, 0.05) is 20.1 Å². The van der Waals surface area contributed by atoms with Crippen LogP contribution >= 0.6 is 39.1 Å². The summed E-state index contributed by atoms with van der Waals surface area (Å²) in [5.74, 6) is -1.01. The molecule has 0 saturated carbocycles. The number of nitrogens with zero attached hydrogens (tertiary/aromatic N) is 1. The Labute approximate surface area is 186 Å². The first-order chi connectivity index (χ1) is 13.6. The fourth-order valence-electron chi connectivity index (χ4n) is 3.18. The molecule has 0 bridgehead atoms. The van der Waals surface area contributed by atoms with E-state index in [0.29, 0.717) is 10.6 Å². The summed E-state index contributed by atoms with van der Waals surface area (Å²) < 4.78 is 0.930. The molecule has 1 aliphatic rings. The zero-order chi connectivity index (χ0) is 21.3. The molecule has 1 aliphatic heterocycles. The maximum atomic E-state index is 13.0. The van der Waals surface area contributed by atoms with Gasteiger partial charge >= 0.3 is 6.03 Å². The maximum absolute atomic E-state index is 13.0. The predicted octanol–water partition coefficient (Wildman–Crippen LogP) is 4.40. The molecule has 4 amide bonds. The van der Waals surface area contributed by atoms with E-state index in [1.165, 1.54) is 6.07 Å². The highest BCUT2D eigenvalue weighted by Gasteiger charge is 2.50. The molecule has 2 aromatic rings. The molecule has 1 heterocycles. The van der Waals surface area contributed by atoms with E-state index in [4.69, 9.17) is 23.2 Å². The summed E-state index contributed by atoms with van der Waals surface area (Å²) in [6.45, 7) is 2.97. The normalized spacial score (nSPS) is 19.8. The number of amides is 4. The van der Waals surface area contributed by atoms with Crippen molar-refractivity contribution >= 4 is 57.0 Å². The number of imide groups is 1. The van der Waals surface area contributed by atoms with Crippen LogP contribution in [0.2, 0.25) is 10.0 Å². The van der Waals surface area contributed by atoms with Crippen LogP contribution in [-0.4, -0.2) is 29.3 Å². The number of hydrogen-bond donors (Lipinski definition) is 2. The van der Waals surface area contributed by atoms with Crippen LogP contribution in [0.15, 0.2) is 46.9 Å². The van der Waals surface area contributed by atoms with Gasteiger partial charge in [0.05, 0.1) is 6.04 Å². The summed E-state index contributed by atoms with van der Waals surface area (Å²) in [6, 6.07) is 11.2. The van der Waals surface area contributed by atoms with Crippen LogP contribution in [0.3, 0.4) is 0 Å². The lowest BCUT2D eigenvalue weighted by Crippen LogP contribution is -2.43. The molecule has 0 radical (unpaired) electrons. The van der Waals surface area contributed by atoms with Crippen molar-refractivity contribution < 1.29 is 14.4 Å². The number of carbonyl (C=O) groups is 3. The van der Waals surface area contributed by atoms with Crippen LogP contribution in [0.5, 0.6) is 0 Å². The summed E-state index contributed by atoms with van der Waals surface area (Å²) in [6.07, 6.45) is 0. The van der Waals surface area contributed by atoms with Crippen molar-refractivity contribution in [3.63, 3.8) is 0 Å². The highest BCUT2D eigenvalue weighted by atomic mass is 79.9. The first-order valence-corrected chi connectivity index (χ1v) is 10.3. The average Bonchev–Trinajstić information content (AvgIpc) is 2.85. The number of rotatable bonds is 5. The molecule has 0 aliphatic carbocycles. The number of halogens is 3. The van der Waals surface area contributed by atoms with E-state index >= 15 is 0 Å². The van der Waals surface area contributed by atoms with Gasteiger partial charge in [0.15, 0.2) is 0 Å². The Morgan fingerprint density at radius 2 is 1.86 bits per heavy atom. The number of hydrogen-bond acceptors (Lipinski definition) is 3. The average molecular weight is 499 g/mol. The Morgan fingerprint density at radius 3 is 2.48 bits per heavy atom. The summed E-state index contributed by atoms with van der Waals surface area (Å²) in [4.78, 5) is 38.7. The van der Waals surface area contributed by atoms with Crippen molar-refractivity contribution in [3.8, 4) is 0 Å².